The number of phenolic OH excluding ortho intramolecular Hbond substituents is 1. The zero-order chi connectivity index (χ0) is 29.0. The number of anilines is 3. The first-order valence-electron chi connectivity index (χ1n) is 13.7. The molecule has 212 valence electrons. The number of para-hydroxylation sites is 1. The second kappa shape index (κ2) is 11.9. The highest BCUT2D eigenvalue weighted by Gasteiger charge is 2.33. The minimum absolute atomic E-state index is 0.122. The van der Waals surface area contributed by atoms with Crippen molar-refractivity contribution in [3.8, 4) is 34.9 Å². The molecule has 2 aliphatic rings. The van der Waals surface area contributed by atoms with Crippen LogP contribution < -0.4 is 15.5 Å². The quantitative estimate of drug-likeness (QED) is 0.460. The molecule has 1 atom stereocenters. The van der Waals surface area contributed by atoms with Gasteiger partial charge in [-0.1, -0.05) is 18.1 Å². The summed E-state index contributed by atoms with van der Waals surface area (Å²) in [4.78, 5) is 11.0. The topological polar surface area (TPSA) is 118 Å². The number of hydrogen-bond donors (Lipinski definition) is 2. The van der Waals surface area contributed by atoms with E-state index in [-0.39, 0.29) is 24.6 Å². The van der Waals surface area contributed by atoms with Crippen LogP contribution >= 0.6 is 0 Å². The average Bonchev–Trinajstić information content (AvgIpc) is 3.16. The van der Waals surface area contributed by atoms with E-state index < -0.39 is 5.92 Å². The van der Waals surface area contributed by atoms with E-state index >= 15 is 0 Å². The molecular weight excluding hydrogens is 526 g/mol. The number of aromatic nitrogens is 3. The van der Waals surface area contributed by atoms with Gasteiger partial charge in [-0.15, -0.1) is 10.2 Å². The van der Waals surface area contributed by atoms with Gasteiger partial charge in [0.05, 0.1) is 23.5 Å². The fraction of sp³-hybridized carbons (Fsp3) is 0.400. The maximum Gasteiger partial charge on any atom is 0.250 e. The Morgan fingerprint density at radius 1 is 1.07 bits per heavy atom. The summed E-state index contributed by atoms with van der Waals surface area (Å²) in [6.45, 7) is 5.09. The van der Waals surface area contributed by atoms with E-state index in [1.54, 1.807) is 24.3 Å². The van der Waals surface area contributed by atoms with E-state index in [1.165, 1.54) is 0 Å². The van der Waals surface area contributed by atoms with Crippen LogP contribution in [0.4, 0.5) is 26.1 Å². The van der Waals surface area contributed by atoms with Gasteiger partial charge in [0.15, 0.2) is 5.82 Å². The first-order chi connectivity index (χ1) is 19.7. The molecule has 2 aromatic heterocycles. The highest BCUT2D eigenvalue weighted by molar-refractivity contribution is 5.74. The van der Waals surface area contributed by atoms with Crippen LogP contribution in [-0.2, 0) is 0 Å². The van der Waals surface area contributed by atoms with Crippen LogP contribution in [0.2, 0.25) is 0 Å². The van der Waals surface area contributed by atoms with Crippen LogP contribution in [0, 0.1) is 23.2 Å². The second-order valence-corrected chi connectivity index (χ2v) is 10.4. The Labute approximate surface area is 238 Å². The maximum atomic E-state index is 13.5. The van der Waals surface area contributed by atoms with Gasteiger partial charge < -0.3 is 20.6 Å². The second-order valence-electron chi connectivity index (χ2n) is 10.4. The molecule has 2 fully saturated rings. The van der Waals surface area contributed by atoms with Crippen LogP contribution in [-0.4, -0.2) is 76.4 Å². The number of hydrogen-bond acceptors (Lipinski definition) is 9. The molecule has 3 aromatic rings. The lowest BCUT2D eigenvalue weighted by Gasteiger charge is -2.30. The Kier molecular flexibility index (Phi) is 8.18. The zero-order valence-corrected chi connectivity index (χ0v) is 22.9. The maximum absolute atomic E-state index is 13.5. The number of benzene rings is 1. The number of nitrogens with zero attached hydrogens (tertiary/aromatic N) is 7. The van der Waals surface area contributed by atoms with Gasteiger partial charge in [0.25, 0.3) is 5.92 Å². The van der Waals surface area contributed by atoms with Crippen LogP contribution in [0.5, 0.6) is 5.75 Å². The van der Waals surface area contributed by atoms with Gasteiger partial charge in [-0.2, -0.15) is 5.26 Å². The molecule has 3 N–H and O–H groups in total. The number of pyridine rings is 1. The lowest BCUT2D eigenvalue weighted by molar-refractivity contribution is -0.0527. The summed E-state index contributed by atoms with van der Waals surface area (Å²) in [5, 5.41) is 28.3. The summed E-state index contributed by atoms with van der Waals surface area (Å²) in [6, 6.07) is 14.7. The number of rotatable bonds is 4. The van der Waals surface area contributed by atoms with E-state index in [0.717, 1.165) is 24.5 Å². The highest BCUT2D eigenvalue weighted by Crippen LogP contribution is 2.32. The highest BCUT2D eigenvalue weighted by atomic mass is 19.3. The molecule has 5 rings (SSSR count). The number of likely N-dealkylation sites (tertiary alicyclic amines) is 1. The first-order valence-corrected chi connectivity index (χ1v) is 13.7. The fourth-order valence-corrected chi connectivity index (χ4v) is 5.17. The smallest absolute Gasteiger partial charge is 0.250 e. The van der Waals surface area contributed by atoms with Gasteiger partial charge in [0, 0.05) is 57.2 Å². The van der Waals surface area contributed by atoms with Gasteiger partial charge >= 0.3 is 0 Å². The van der Waals surface area contributed by atoms with E-state index in [4.69, 9.17) is 10.7 Å². The third-order valence-corrected chi connectivity index (χ3v) is 7.67. The molecule has 0 aliphatic carbocycles. The first kappa shape index (κ1) is 28.1. The molecule has 0 bridgehead atoms. The standard InChI is InChI=1S/C30H32F2N8O/c1-21-10-14-39(26-19-25(36-37-29(26)34)23-5-2-3-7-27(23)41)17-18-40(21)28-9-8-22(20-33)24(35-28)6-4-13-38-15-11-30(31,32)12-16-38/h2-3,5,7-9,19,21,41H,10-18H2,1H3,(H2,34,37). The Morgan fingerprint density at radius 2 is 1.85 bits per heavy atom. The summed E-state index contributed by atoms with van der Waals surface area (Å²) in [5.41, 5.74) is 8.88. The monoisotopic (exact) mass is 558 g/mol. The number of aromatic hydroxyl groups is 1. The molecule has 0 spiro atoms. The Hall–Kier alpha value is -4.48. The van der Waals surface area contributed by atoms with Gasteiger partial charge in [0.1, 0.15) is 23.3 Å². The predicted octanol–water partition coefficient (Wildman–Crippen LogP) is 3.89. The average molecular weight is 559 g/mol. The molecule has 2 saturated heterocycles. The summed E-state index contributed by atoms with van der Waals surface area (Å²) >= 11 is 0. The Bertz CT molecular complexity index is 1500. The van der Waals surface area contributed by atoms with Gasteiger partial charge in [-0.25, -0.2) is 13.8 Å². The molecule has 0 amide bonds. The van der Waals surface area contributed by atoms with Crippen LogP contribution in [0.25, 0.3) is 11.3 Å². The Balaban J connectivity index is 1.32. The van der Waals surface area contributed by atoms with E-state index in [1.807, 2.05) is 23.1 Å². The molecule has 2 aliphatic heterocycles. The number of nitriles is 1. The Morgan fingerprint density at radius 3 is 2.61 bits per heavy atom. The van der Waals surface area contributed by atoms with E-state index in [9.17, 15) is 19.1 Å². The van der Waals surface area contributed by atoms with Crippen molar-refractivity contribution >= 4 is 17.3 Å². The number of nitrogens with two attached hydrogens (primary N) is 1. The number of halogens is 2. The third kappa shape index (κ3) is 6.47. The van der Waals surface area contributed by atoms with Crippen molar-refractivity contribution < 1.29 is 13.9 Å². The van der Waals surface area contributed by atoms with Crippen molar-refractivity contribution in [2.24, 2.45) is 0 Å². The lowest BCUT2D eigenvalue weighted by atomic mass is 10.1. The van der Waals surface area contributed by atoms with Gasteiger partial charge in [0.2, 0.25) is 0 Å². The predicted molar refractivity (Wildman–Crippen MR) is 154 cm³/mol. The SMILES string of the molecule is CC1CCN(c2cc(-c3ccccc3O)nnc2N)CCN1c1ccc(C#N)c(C#CCN2CCC(F)(F)CC2)n1. The van der Waals surface area contributed by atoms with Crippen molar-refractivity contribution in [1.29, 1.82) is 5.26 Å². The molecule has 41 heavy (non-hydrogen) atoms. The molecule has 11 heteroatoms. The number of phenols is 1. The summed E-state index contributed by atoms with van der Waals surface area (Å²) in [7, 11) is 0. The lowest BCUT2D eigenvalue weighted by Crippen LogP contribution is -2.39. The normalized spacial score (nSPS) is 19.1. The summed E-state index contributed by atoms with van der Waals surface area (Å²) < 4.78 is 26.9. The number of alkyl halides is 2. The van der Waals surface area contributed by atoms with Crippen molar-refractivity contribution in [2.75, 3.05) is 54.8 Å². The van der Waals surface area contributed by atoms with Crippen LogP contribution in [0.3, 0.4) is 0 Å². The third-order valence-electron chi connectivity index (χ3n) is 7.67. The molecule has 0 radical (unpaired) electrons. The van der Waals surface area contributed by atoms with Crippen LogP contribution in [0.1, 0.15) is 37.4 Å². The molecule has 9 nitrogen and oxygen atoms in total. The molecule has 1 aromatic carbocycles. The minimum atomic E-state index is -2.60. The summed E-state index contributed by atoms with van der Waals surface area (Å²) in [5.74, 6) is 4.60. The largest absolute Gasteiger partial charge is 0.507 e. The van der Waals surface area contributed by atoms with Gasteiger partial charge in [-0.3, -0.25) is 4.90 Å². The molecule has 1 unspecified atom stereocenters. The fourth-order valence-electron chi connectivity index (χ4n) is 5.17. The molecular formula is C30H32F2N8O. The molecule has 4 heterocycles. The zero-order valence-electron chi connectivity index (χ0n) is 22.9. The minimum Gasteiger partial charge on any atom is -0.507 e. The number of nitrogen functional groups attached to an aromatic ring is 1. The van der Waals surface area contributed by atoms with Crippen molar-refractivity contribution in [3.05, 3.63) is 53.7 Å². The summed E-state index contributed by atoms with van der Waals surface area (Å²) in [6.07, 6.45) is 0.496. The van der Waals surface area contributed by atoms with Crippen LogP contribution in [0.15, 0.2) is 42.5 Å². The van der Waals surface area contributed by atoms with Gasteiger partial charge in [-0.05, 0) is 49.6 Å². The van der Waals surface area contributed by atoms with E-state index in [2.05, 4.69) is 44.8 Å². The van der Waals surface area contributed by atoms with E-state index in [0.29, 0.717) is 61.1 Å². The van der Waals surface area contributed by atoms with Crippen molar-refractivity contribution in [3.63, 3.8) is 0 Å². The number of piperidine rings is 1. The molecule has 0 saturated carbocycles. The van der Waals surface area contributed by atoms with Crippen molar-refractivity contribution in [2.45, 2.75) is 38.2 Å². The van der Waals surface area contributed by atoms with Crippen molar-refractivity contribution in [1.82, 2.24) is 20.1 Å².